The van der Waals surface area contributed by atoms with E-state index in [1.165, 1.54) is 23.1 Å². The molecule has 1 unspecified atom stereocenters. The fourth-order valence-corrected chi connectivity index (χ4v) is 7.77. The molecule has 1 amide bonds. The third-order valence-corrected chi connectivity index (χ3v) is 10.9. The van der Waals surface area contributed by atoms with Gasteiger partial charge in [0.05, 0.1) is 17.2 Å². The molecule has 4 bridgehead atoms. The average molecular weight is 628 g/mol. The minimum Gasteiger partial charge on any atom is -0.475 e. The number of aromatic nitrogens is 3. The SMILES string of the molecule is Cc1cccc(C)c1-c1cc2nc(n1)NS(=O)(=O)c1cccc(n1)C(=O)N(C1CC3(CC3)C1)C(CC1(C(F)(F)F)CC1)CO2. The van der Waals surface area contributed by atoms with Crippen LogP contribution in [0.3, 0.4) is 0 Å². The van der Waals surface area contributed by atoms with Gasteiger partial charge in [0, 0.05) is 17.7 Å². The first kappa shape index (κ1) is 29.0. The Bertz CT molecular complexity index is 1740. The Morgan fingerprint density at radius 3 is 2.30 bits per heavy atom. The lowest BCUT2D eigenvalue weighted by molar-refractivity contribution is -0.193. The Balaban J connectivity index is 1.36. The van der Waals surface area contributed by atoms with Crippen LogP contribution in [0, 0.1) is 24.7 Å². The molecule has 1 spiro atoms. The molecule has 3 aromatic rings. The van der Waals surface area contributed by atoms with Crippen LogP contribution in [0.4, 0.5) is 19.1 Å². The molecule has 232 valence electrons. The number of carbonyl (C=O) groups is 1. The monoisotopic (exact) mass is 627 g/mol. The summed E-state index contributed by atoms with van der Waals surface area (Å²) < 4.78 is 78.3. The molecule has 13 heteroatoms. The highest BCUT2D eigenvalue weighted by Gasteiger charge is 2.65. The number of ether oxygens (including phenoxy) is 1. The standard InChI is InChI=1S/C31H32F3N5O4S/c1-18-5-3-6-19(2)26(18)23-13-24-37-28(36-23)38-44(41,42)25-8-4-7-22(35-25)27(40)39(20-14-29(15-20)9-10-29)21(17-43-24)16-30(11-12-30)31(32,33)34/h3-8,13,20-21H,9-12,14-17H2,1-2H3,(H,36,37,38). The number of alkyl halides is 3. The molecular formula is C31H32F3N5O4S. The highest BCUT2D eigenvalue weighted by molar-refractivity contribution is 7.92. The Labute approximate surface area is 253 Å². The van der Waals surface area contributed by atoms with Crippen molar-refractivity contribution in [2.75, 3.05) is 11.3 Å². The van der Waals surface area contributed by atoms with Crippen molar-refractivity contribution in [3.8, 4) is 17.1 Å². The third kappa shape index (κ3) is 5.08. The van der Waals surface area contributed by atoms with Crippen LogP contribution in [0.15, 0.2) is 47.5 Å². The summed E-state index contributed by atoms with van der Waals surface area (Å²) in [5, 5.41) is -0.427. The van der Waals surface area contributed by atoms with Gasteiger partial charge >= 0.3 is 6.18 Å². The van der Waals surface area contributed by atoms with Gasteiger partial charge in [-0.15, -0.1) is 0 Å². The minimum absolute atomic E-state index is 0.0178. The van der Waals surface area contributed by atoms with E-state index in [0.29, 0.717) is 18.5 Å². The van der Waals surface area contributed by atoms with Crippen LogP contribution >= 0.6 is 0 Å². The smallest absolute Gasteiger partial charge is 0.394 e. The summed E-state index contributed by atoms with van der Waals surface area (Å²) >= 11 is 0. The minimum atomic E-state index is -4.44. The summed E-state index contributed by atoms with van der Waals surface area (Å²) in [5.74, 6) is -0.909. The molecule has 7 rings (SSSR count). The third-order valence-electron chi connectivity index (χ3n) is 9.70. The van der Waals surface area contributed by atoms with Crippen LogP contribution in [0.1, 0.15) is 66.6 Å². The topological polar surface area (TPSA) is 114 Å². The van der Waals surface area contributed by atoms with Crippen molar-refractivity contribution in [3.05, 3.63) is 59.3 Å². The van der Waals surface area contributed by atoms with Crippen molar-refractivity contribution in [3.63, 3.8) is 0 Å². The second-order valence-corrected chi connectivity index (χ2v) is 14.5. The normalized spacial score (nSPS) is 23.3. The van der Waals surface area contributed by atoms with Crippen molar-refractivity contribution in [1.29, 1.82) is 0 Å². The zero-order valence-corrected chi connectivity index (χ0v) is 25.1. The van der Waals surface area contributed by atoms with Gasteiger partial charge < -0.3 is 9.64 Å². The molecule has 3 saturated carbocycles. The van der Waals surface area contributed by atoms with Crippen molar-refractivity contribution < 1.29 is 31.1 Å². The summed E-state index contributed by atoms with van der Waals surface area (Å²) in [5.41, 5.74) is 0.965. The number of fused-ring (bicyclic) bond motifs is 4. The van der Waals surface area contributed by atoms with Crippen LogP contribution < -0.4 is 9.46 Å². The van der Waals surface area contributed by atoms with E-state index < -0.39 is 38.6 Å². The molecule has 1 N–H and O–H groups in total. The number of carbonyl (C=O) groups excluding carboxylic acids is 1. The quantitative estimate of drug-likeness (QED) is 0.387. The molecule has 9 nitrogen and oxygen atoms in total. The van der Waals surface area contributed by atoms with Crippen molar-refractivity contribution in [1.82, 2.24) is 19.9 Å². The summed E-state index contributed by atoms with van der Waals surface area (Å²) in [6.07, 6.45) is -1.38. The highest BCUT2D eigenvalue weighted by atomic mass is 32.2. The maximum absolute atomic E-state index is 14.3. The Morgan fingerprint density at radius 1 is 0.977 bits per heavy atom. The van der Waals surface area contributed by atoms with Crippen LogP contribution in [-0.2, 0) is 10.0 Å². The van der Waals surface area contributed by atoms with E-state index in [9.17, 15) is 26.4 Å². The Kier molecular flexibility index (Phi) is 6.51. The first-order chi connectivity index (χ1) is 20.8. The van der Waals surface area contributed by atoms with E-state index >= 15 is 0 Å². The van der Waals surface area contributed by atoms with Gasteiger partial charge in [0.15, 0.2) is 5.03 Å². The number of hydrogen-bond donors (Lipinski definition) is 1. The van der Waals surface area contributed by atoms with E-state index in [1.807, 2.05) is 32.0 Å². The van der Waals surface area contributed by atoms with Crippen LogP contribution in [0.2, 0.25) is 0 Å². The highest BCUT2D eigenvalue weighted by Crippen LogP contribution is 2.64. The van der Waals surface area contributed by atoms with Crippen LogP contribution in [0.5, 0.6) is 5.88 Å². The predicted molar refractivity (Wildman–Crippen MR) is 154 cm³/mol. The molecule has 0 saturated heterocycles. The lowest BCUT2D eigenvalue weighted by Crippen LogP contribution is -2.56. The molecule has 1 atom stereocenters. The van der Waals surface area contributed by atoms with E-state index in [0.717, 1.165) is 29.5 Å². The molecular weight excluding hydrogens is 595 g/mol. The van der Waals surface area contributed by atoms with Gasteiger partial charge in [0.2, 0.25) is 11.8 Å². The number of anilines is 1. The lowest BCUT2D eigenvalue weighted by atomic mass is 9.75. The van der Waals surface area contributed by atoms with Gasteiger partial charge in [0.25, 0.3) is 15.9 Å². The average Bonchev–Trinajstić information content (AvgIpc) is 3.86. The van der Waals surface area contributed by atoms with Gasteiger partial charge in [-0.25, -0.2) is 14.7 Å². The molecule has 3 aliphatic carbocycles. The molecule has 3 heterocycles. The van der Waals surface area contributed by atoms with E-state index in [2.05, 4.69) is 19.7 Å². The van der Waals surface area contributed by atoms with Gasteiger partial charge in [-0.05, 0) is 87.5 Å². The summed E-state index contributed by atoms with van der Waals surface area (Å²) in [4.78, 5) is 28.6. The molecule has 2 aromatic heterocycles. The Morgan fingerprint density at radius 2 is 1.66 bits per heavy atom. The zero-order chi connectivity index (χ0) is 31.1. The number of benzene rings is 1. The van der Waals surface area contributed by atoms with Crippen LogP contribution in [-0.4, -0.2) is 59.0 Å². The van der Waals surface area contributed by atoms with Gasteiger partial charge in [-0.2, -0.15) is 26.6 Å². The second-order valence-electron chi connectivity index (χ2n) is 12.9. The van der Waals surface area contributed by atoms with Gasteiger partial charge in [-0.3, -0.25) is 4.79 Å². The number of amides is 1. The number of sulfonamides is 1. The lowest BCUT2D eigenvalue weighted by Gasteiger charge is -2.47. The zero-order valence-electron chi connectivity index (χ0n) is 24.3. The maximum Gasteiger partial charge on any atom is 0.394 e. The number of nitrogens with zero attached hydrogens (tertiary/aromatic N) is 4. The summed E-state index contributed by atoms with van der Waals surface area (Å²) in [7, 11) is -4.35. The fraction of sp³-hybridized carbons (Fsp3) is 0.484. The summed E-state index contributed by atoms with van der Waals surface area (Å²) in [6.45, 7) is 3.52. The molecule has 44 heavy (non-hydrogen) atoms. The van der Waals surface area contributed by atoms with Crippen molar-refractivity contribution in [2.24, 2.45) is 10.8 Å². The van der Waals surface area contributed by atoms with Crippen LogP contribution in [0.25, 0.3) is 11.3 Å². The largest absolute Gasteiger partial charge is 0.475 e. The first-order valence-electron chi connectivity index (χ1n) is 14.8. The molecule has 1 aliphatic heterocycles. The van der Waals surface area contributed by atoms with Gasteiger partial charge in [0.1, 0.15) is 12.3 Å². The number of hydrogen-bond acceptors (Lipinski definition) is 7. The molecule has 1 aromatic carbocycles. The number of nitrogens with one attached hydrogen (secondary N) is 1. The molecule has 4 aliphatic rings. The Hall–Kier alpha value is -3.74. The summed E-state index contributed by atoms with van der Waals surface area (Å²) in [6, 6.07) is 10.0. The molecule has 0 radical (unpaired) electrons. The fourth-order valence-electron chi connectivity index (χ4n) is 6.86. The van der Waals surface area contributed by atoms with E-state index in [-0.39, 0.29) is 54.8 Å². The second kappa shape index (κ2) is 9.88. The first-order valence-corrected chi connectivity index (χ1v) is 16.2. The van der Waals surface area contributed by atoms with E-state index in [4.69, 9.17) is 4.74 Å². The number of halogens is 3. The number of rotatable bonds is 4. The van der Waals surface area contributed by atoms with Crippen molar-refractivity contribution in [2.45, 2.75) is 82.1 Å². The molecule has 3 fully saturated rings. The number of aryl methyl sites for hydroxylation is 2. The van der Waals surface area contributed by atoms with Crippen molar-refractivity contribution >= 4 is 21.9 Å². The number of pyridine rings is 1. The van der Waals surface area contributed by atoms with E-state index in [1.54, 1.807) is 6.07 Å². The van der Waals surface area contributed by atoms with Gasteiger partial charge in [-0.1, -0.05) is 24.3 Å². The predicted octanol–water partition coefficient (Wildman–Crippen LogP) is 5.83. The maximum atomic E-state index is 14.3.